The number of aromatic amines is 1. The molecule has 30 heavy (non-hydrogen) atoms. The van der Waals surface area contributed by atoms with Gasteiger partial charge in [-0.05, 0) is 47.5 Å². The Labute approximate surface area is 177 Å². The SMILES string of the molecule is CC(C)NC(=O)c1c[nH]c2ncc(N3CCCC(N(C)C(=O)OC(C)(C)C)C3)nc12. The maximum Gasteiger partial charge on any atom is 0.410 e. The van der Waals surface area contributed by atoms with Crippen LogP contribution >= 0.6 is 0 Å². The van der Waals surface area contributed by atoms with E-state index in [9.17, 15) is 9.59 Å². The van der Waals surface area contributed by atoms with Crippen molar-refractivity contribution < 1.29 is 14.3 Å². The number of nitrogens with zero attached hydrogens (tertiary/aromatic N) is 4. The monoisotopic (exact) mass is 416 g/mol. The lowest BCUT2D eigenvalue weighted by molar-refractivity contribution is 0.0209. The van der Waals surface area contributed by atoms with Crippen LogP contribution in [0.3, 0.4) is 0 Å². The Kier molecular flexibility index (Phi) is 6.19. The van der Waals surface area contributed by atoms with E-state index in [1.807, 2.05) is 34.6 Å². The van der Waals surface area contributed by atoms with E-state index in [0.29, 0.717) is 29.1 Å². The first-order valence-electron chi connectivity index (χ1n) is 10.4. The minimum atomic E-state index is -0.530. The third-order valence-corrected chi connectivity index (χ3v) is 4.98. The summed E-state index contributed by atoms with van der Waals surface area (Å²) in [7, 11) is 1.78. The standard InChI is InChI=1S/C21H32N6O3/c1-13(2)24-19(28)15-10-22-18-17(15)25-16(11-23-18)27-9-7-8-14(12-27)26(6)20(29)30-21(3,4)5/h10-11,13-14H,7-9,12H2,1-6H3,(H,22,23)(H,24,28). The van der Waals surface area contributed by atoms with Crippen LogP contribution < -0.4 is 10.2 Å². The summed E-state index contributed by atoms with van der Waals surface area (Å²) in [4.78, 5) is 40.9. The van der Waals surface area contributed by atoms with E-state index in [-0.39, 0.29) is 24.1 Å². The van der Waals surface area contributed by atoms with Crippen LogP contribution in [0.4, 0.5) is 10.6 Å². The maximum absolute atomic E-state index is 12.5. The van der Waals surface area contributed by atoms with Crippen LogP contribution in [0.1, 0.15) is 57.8 Å². The molecule has 1 unspecified atom stereocenters. The van der Waals surface area contributed by atoms with Gasteiger partial charge in [0.25, 0.3) is 5.91 Å². The topological polar surface area (TPSA) is 103 Å². The molecule has 2 amide bonds. The van der Waals surface area contributed by atoms with Crippen molar-refractivity contribution in [1.82, 2.24) is 25.2 Å². The summed E-state index contributed by atoms with van der Waals surface area (Å²) in [5, 5.41) is 2.89. The molecule has 164 valence electrons. The van der Waals surface area contributed by atoms with Crippen LogP contribution in [-0.4, -0.2) is 69.7 Å². The first kappa shape index (κ1) is 21.9. The highest BCUT2D eigenvalue weighted by Gasteiger charge is 2.30. The molecule has 3 rings (SSSR count). The predicted octanol–water partition coefficient (Wildman–Crippen LogP) is 2.93. The van der Waals surface area contributed by atoms with Crippen molar-refractivity contribution >= 4 is 29.0 Å². The molecule has 9 heteroatoms. The van der Waals surface area contributed by atoms with Crippen molar-refractivity contribution in [3.8, 4) is 0 Å². The first-order valence-corrected chi connectivity index (χ1v) is 10.4. The molecule has 1 atom stereocenters. The average molecular weight is 417 g/mol. The lowest BCUT2D eigenvalue weighted by atomic mass is 10.0. The zero-order valence-electron chi connectivity index (χ0n) is 18.7. The van der Waals surface area contributed by atoms with Crippen LogP contribution in [-0.2, 0) is 4.74 Å². The third-order valence-electron chi connectivity index (χ3n) is 4.98. The molecule has 2 N–H and O–H groups in total. The molecule has 0 saturated carbocycles. The highest BCUT2D eigenvalue weighted by Crippen LogP contribution is 2.24. The van der Waals surface area contributed by atoms with Crippen LogP contribution in [0, 0.1) is 0 Å². The molecule has 1 aliphatic rings. The van der Waals surface area contributed by atoms with Gasteiger partial charge in [0.05, 0.1) is 17.8 Å². The normalized spacial score (nSPS) is 17.3. The molecular formula is C21H32N6O3. The van der Waals surface area contributed by atoms with E-state index in [1.165, 1.54) is 0 Å². The number of hydrogen-bond acceptors (Lipinski definition) is 6. The number of anilines is 1. The van der Waals surface area contributed by atoms with Crippen molar-refractivity contribution in [2.45, 2.75) is 65.1 Å². The molecule has 0 radical (unpaired) electrons. The van der Waals surface area contributed by atoms with Crippen molar-refractivity contribution in [1.29, 1.82) is 0 Å². The smallest absolute Gasteiger partial charge is 0.410 e. The highest BCUT2D eigenvalue weighted by molar-refractivity contribution is 6.04. The zero-order chi connectivity index (χ0) is 22.1. The molecule has 1 saturated heterocycles. The van der Waals surface area contributed by atoms with Gasteiger partial charge in [0.15, 0.2) is 5.65 Å². The van der Waals surface area contributed by atoms with E-state index in [1.54, 1.807) is 24.3 Å². The van der Waals surface area contributed by atoms with Crippen LogP contribution in [0.5, 0.6) is 0 Å². The second-order valence-corrected chi connectivity index (χ2v) is 9.09. The van der Waals surface area contributed by atoms with Gasteiger partial charge in [-0.15, -0.1) is 0 Å². The molecule has 0 bridgehead atoms. The Hall–Kier alpha value is -2.84. The van der Waals surface area contributed by atoms with Gasteiger partial charge in [-0.3, -0.25) is 4.79 Å². The lowest BCUT2D eigenvalue weighted by Crippen LogP contribution is -2.50. The largest absolute Gasteiger partial charge is 0.444 e. The molecule has 9 nitrogen and oxygen atoms in total. The third kappa shape index (κ3) is 5.01. The Morgan fingerprint density at radius 3 is 2.77 bits per heavy atom. The number of ether oxygens (including phenoxy) is 1. The molecule has 0 spiro atoms. The van der Waals surface area contributed by atoms with Crippen molar-refractivity contribution in [3.05, 3.63) is 18.0 Å². The number of rotatable bonds is 4. The number of fused-ring (bicyclic) bond motifs is 1. The molecule has 1 aliphatic heterocycles. The van der Waals surface area contributed by atoms with E-state index < -0.39 is 5.60 Å². The number of carbonyl (C=O) groups is 2. The quantitative estimate of drug-likeness (QED) is 0.794. The number of piperidine rings is 1. The summed E-state index contributed by atoms with van der Waals surface area (Å²) in [6.45, 7) is 10.9. The number of nitrogens with one attached hydrogen (secondary N) is 2. The van der Waals surface area contributed by atoms with Gasteiger partial charge < -0.3 is 24.8 Å². The average Bonchev–Trinajstić information content (AvgIpc) is 3.09. The lowest BCUT2D eigenvalue weighted by Gasteiger charge is -2.38. The molecule has 0 aromatic carbocycles. The summed E-state index contributed by atoms with van der Waals surface area (Å²) in [5.41, 5.74) is 1.07. The van der Waals surface area contributed by atoms with Gasteiger partial charge in [-0.25, -0.2) is 14.8 Å². The summed E-state index contributed by atoms with van der Waals surface area (Å²) >= 11 is 0. The number of hydrogen-bond donors (Lipinski definition) is 2. The van der Waals surface area contributed by atoms with E-state index in [2.05, 4.69) is 20.2 Å². The highest BCUT2D eigenvalue weighted by atomic mass is 16.6. The van der Waals surface area contributed by atoms with Gasteiger partial charge in [-0.2, -0.15) is 0 Å². The van der Waals surface area contributed by atoms with E-state index in [4.69, 9.17) is 9.72 Å². The molecule has 0 aliphatic carbocycles. The molecule has 3 heterocycles. The zero-order valence-corrected chi connectivity index (χ0v) is 18.7. The van der Waals surface area contributed by atoms with Gasteiger partial charge in [0, 0.05) is 32.4 Å². The second kappa shape index (κ2) is 8.49. The number of carbonyl (C=O) groups excluding carboxylic acids is 2. The maximum atomic E-state index is 12.5. The number of H-pyrrole nitrogens is 1. The Morgan fingerprint density at radius 1 is 1.37 bits per heavy atom. The van der Waals surface area contributed by atoms with E-state index >= 15 is 0 Å². The Bertz CT molecular complexity index is 917. The molecule has 2 aromatic rings. The molecule has 1 fully saturated rings. The van der Waals surface area contributed by atoms with E-state index in [0.717, 1.165) is 19.4 Å². The van der Waals surface area contributed by atoms with Gasteiger partial charge in [-0.1, -0.05) is 0 Å². The fourth-order valence-electron chi connectivity index (χ4n) is 3.51. The van der Waals surface area contributed by atoms with Crippen molar-refractivity contribution in [3.63, 3.8) is 0 Å². The van der Waals surface area contributed by atoms with Crippen molar-refractivity contribution in [2.75, 3.05) is 25.0 Å². The van der Waals surface area contributed by atoms with Crippen LogP contribution in [0.25, 0.3) is 11.2 Å². The summed E-state index contributed by atoms with van der Waals surface area (Å²) in [5.74, 6) is 0.520. The summed E-state index contributed by atoms with van der Waals surface area (Å²) in [6, 6.07) is 0.0471. The van der Waals surface area contributed by atoms with Crippen LogP contribution in [0.2, 0.25) is 0 Å². The molecule has 2 aromatic heterocycles. The number of likely N-dealkylation sites (N-methyl/N-ethyl adjacent to an activating group) is 1. The van der Waals surface area contributed by atoms with Gasteiger partial charge in [0.1, 0.15) is 16.9 Å². The predicted molar refractivity (Wildman–Crippen MR) is 116 cm³/mol. The van der Waals surface area contributed by atoms with Gasteiger partial charge >= 0.3 is 6.09 Å². The summed E-state index contributed by atoms with van der Waals surface area (Å²) < 4.78 is 5.51. The second-order valence-electron chi connectivity index (χ2n) is 9.09. The number of aromatic nitrogens is 3. The first-order chi connectivity index (χ1) is 14.0. The van der Waals surface area contributed by atoms with Gasteiger partial charge in [0.2, 0.25) is 0 Å². The fraction of sp³-hybridized carbons (Fsp3) is 0.619. The van der Waals surface area contributed by atoms with Crippen LogP contribution in [0.15, 0.2) is 12.4 Å². The Morgan fingerprint density at radius 2 is 2.10 bits per heavy atom. The number of amides is 2. The summed E-state index contributed by atoms with van der Waals surface area (Å²) in [6.07, 6.45) is 4.84. The fourth-order valence-corrected chi connectivity index (χ4v) is 3.51. The minimum Gasteiger partial charge on any atom is -0.444 e. The Balaban J connectivity index is 1.78. The molecular weight excluding hydrogens is 384 g/mol. The minimum absolute atomic E-state index is 0.0148. The van der Waals surface area contributed by atoms with Crippen molar-refractivity contribution in [2.24, 2.45) is 0 Å².